The van der Waals surface area contributed by atoms with Gasteiger partial charge in [0, 0.05) is 40.9 Å². The van der Waals surface area contributed by atoms with Crippen LogP contribution in [0.2, 0.25) is 0 Å². The van der Waals surface area contributed by atoms with Crippen molar-refractivity contribution in [3.63, 3.8) is 0 Å². The molecule has 5 aromatic heterocycles. The zero-order valence-corrected chi connectivity index (χ0v) is 14.1. The molecule has 6 heteroatoms. The van der Waals surface area contributed by atoms with E-state index >= 15 is 0 Å². The predicted octanol–water partition coefficient (Wildman–Crippen LogP) is 4.07. The van der Waals surface area contributed by atoms with Gasteiger partial charge >= 0.3 is 0 Å². The molecular formula is C21H12N6. The third-order valence-corrected chi connectivity index (χ3v) is 4.87. The van der Waals surface area contributed by atoms with E-state index in [1.807, 2.05) is 42.7 Å². The van der Waals surface area contributed by atoms with Crippen LogP contribution in [0.25, 0.3) is 49.6 Å². The molecule has 0 unspecified atom stereocenters. The van der Waals surface area contributed by atoms with Gasteiger partial charge in [0.25, 0.3) is 0 Å². The van der Waals surface area contributed by atoms with Gasteiger partial charge in [-0.25, -0.2) is 15.0 Å². The number of imidazole rings is 1. The van der Waals surface area contributed by atoms with E-state index in [1.165, 1.54) is 0 Å². The summed E-state index contributed by atoms with van der Waals surface area (Å²) in [5.41, 5.74) is 5.36. The minimum atomic E-state index is 0.710. The van der Waals surface area contributed by atoms with Gasteiger partial charge in [-0.3, -0.25) is 14.5 Å². The molecule has 27 heavy (non-hydrogen) atoms. The highest BCUT2D eigenvalue weighted by Crippen LogP contribution is 2.34. The lowest BCUT2D eigenvalue weighted by atomic mass is 10.1. The highest BCUT2D eigenvalue weighted by molar-refractivity contribution is 6.21. The Morgan fingerprint density at radius 3 is 2.07 bits per heavy atom. The first-order valence-corrected chi connectivity index (χ1v) is 8.60. The normalized spacial score (nSPS) is 11.7. The Morgan fingerprint density at radius 2 is 1.22 bits per heavy atom. The zero-order valence-electron chi connectivity index (χ0n) is 14.1. The van der Waals surface area contributed by atoms with Crippen LogP contribution < -0.4 is 0 Å². The van der Waals surface area contributed by atoms with Crippen molar-refractivity contribution in [2.75, 3.05) is 0 Å². The minimum Gasteiger partial charge on any atom is -0.297 e. The summed E-state index contributed by atoms with van der Waals surface area (Å²) in [7, 11) is 0. The summed E-state index contributed by atoms with van der Waals surface area (Å²) in [4.78, 5) is 22.7. The van der Waals surface area contributed by atoms with Gasteiger partial charge in [-0.05, 0) is 42.5 Å². The second-order valence-corrected chi connectivity index (χ2v) is 6.32. The first-order valence-electron chi connectivity index (χ1n) is 8.60. The molecule has 0 aliphatic carbocycles. The summed E-state index contributed by atoms with van der Waals surface area (Å²) in [5.74, 6) is 0. The van der Waals surface area contributed by atoms with Crippen LogP contribution in [0.4, 0.5) is 0 Å². The topological polar surface area (TPSA) is 69.4 Å². The number of hydrogen-bond donors (Lipinski definition) is 0. The lowest BCUT2D eigenvalue weighted by Crippen LogP contribution is -1.97. The van der Waals surface area contributed by atoms with Crippen LogP contribution in [0, 0.1) is 0 Å². The Morgan fingerprint density at radius 1 is 0.556 bits per heavy atom. The lowest BCUT2D eigenvalue weighted by molar-refractivity contribution is 1.10. The number of benzene rings is 1. The largest absolute Gasteiger partial charge is 0.297 e. The number of nitrogens with zero attached hydrogens (tertiary/aromatic N) is 6. The highest BCUT2D eigenvalue weighted by Gasteiger charge is 2.16. The smallest absolute Gasteiger partial charge is 0.161 e. The van der Waals surface area contributed by atoms with Gasteiger partial charge in [0.1, 0.15) is 6.33 Å². The minimum absolute atomic E-state index is 0.710. The third kappa shape index (κ3) is 1.92. The molecule has 0 amide bonds. The van der Waals surface area contributed by atoms with E-state index < -0.39 is 0 Å². The molecular weight excluding hydrogens is 336 g/mol. The van der Waals surface area contributed by atoms with Crippen molar-refractivity contribution in [2.45, 2.75) is 0 Å². The van der Waals surface area contributed by atoms with Crippen molar-refractivity contribution >= 4 is 43.9 Å². The molecule has 0 saturated carbocycles. The van der Waals surface area contributed by atoms with Crippen molar-refractivity contribution < 1.29 is 0 Å². The monoisotopic (exact) mass is 348 g/mol. The third-order valence-electron chi connectivity index (χ3n) is 4.87. The molecule has 5 heterocycles. The molecule has 0 radical (unpaired) electrons. The van der Waals surface area contributed by atoms with Gasteiger partial charge in [-0.2, -0.15) is 0 Å². The van der Waals surface area contributed by atoms with Crippen LogP contribution >= 0.6 is 0 Å². The Bertz CT molecular complexity index is 1480. The second kappa shape index (κ2) is 5.28. The fourth-order valence-electron chi connectivity index (χ4n) is 3.73. The molecule has 6 rings (SSSR count). The standard InChI is InChI=1S/C21H12N6/c1-4-13-16(7-11-25-21(13)24-10-1)27-12-26-19-14-5-2-8-22-17(14)18-15(20(19)27)6-3-9-23-18/h1-12H. The van der Waals surface area contributed by atoms with Gasteiger partial charge < -0.3 is 0 Å². The quantitative estimate of drug-likeness (QED) is 0.419. The molecule has 0 spiro atoms. The molecule has 6 nitrogen and oxygen atoms in total. The van der Waals surface area contributed by atoms with Gasteiger partial charge in [-0.1, -0.05) is 0 Å². The lowest BCUT2D eigenvalue weighted by Gasteiger charge is -2.10. The van der Waals surface area contributed by atoms with Gasteiger partial charge in [0.2, 0.25) is 0 Å². The molecule has 126 valence electrons. The maximum absolute atomic E-state index is 4.73. The van der Waals surface area contributed by atoms with Crippen LogP contribution in [-0.4, -0.2) is 29.5 Å². The van der Waals surface area contributed by atoms with Crippen LogP contribution in [0.1, 0.15) is 0 Å². The van der Waals surface area contributed by atoms with Crippen molar-refractivity contribution in [1.29, 1.82) is 0 Å². The van der Waals surface area contributed by atoms with Crippen molar-refractivity contribution in [1.82, 2.24) is 29.5 Å². The van der Waals surface area contributed by atoms with Crippen molar-refractivity contribution in [3.8, 4) is 5.69 Å². The fourth-order valence-corrected chi connectivity index (χ4v) is 3.73. The Balaban J connectivity index is 1.85. The maximum atomic E-state index is 4.73. The van der Waals surface area contributed by atoms with Crippen LogP contribution in [0.3, 0.4) is 0 Å². The summed E-state index contributed by atoms with van der Waals surface area (Å²) in [5, 5.41) is 2.99. The Kier molecular flexibility index (Phi) is 2.79. The summed E-state index contributed by atoms with van der Waals surface area (Å²) in [6.45, 7) is 0. The van der Waals surface area contributed by atoms with Crippen LogP contribution in [0.5, 0.6) is 0 Å². The molecule has 0 bridgehead atoms. The first-order chi connectivity index (χ1) is 13.4. The summed E-state index contributed by atoms with van der Waals surface area (Å²) >= 11 is 0. The van der Waals surface area contributed by atoms with Gasteiger partial charge in [0.15, 0.2) is 5.65 Å². The zero-order chi connectivity index (χ0) is 17.8. The average molecular weight is 348 g/mol. The molecule has 0 N–H and O–H groups in total. The molecule has 0 saturated heterocycles. The molecule has 6 aromatic rings. The average Bonchev–Trinajstić information content (AvgIpc) is 3.19. The molecule has 0 aliphatic heterocycles. The molecule has 0 atom stereocenters. The van der Waals surface area contributed by atoms with Crippen LogP contribution in [-0.2, 0) is 0 Å². The fraction of sp³-hybridized carbons (Fsp3) is 0. The molecule has 0 fully saturated rings. The molecule has 0 aliphatic rings. The second-order valence-electron chi connectivity index (χ2n) is 6.32. The van der Waals surface area contributed by atoms with Crippen molar-refractivity contribution in [3.05, 3.63) is 73.6 Å². The predicted molar refractivity (Wildman–Crippen MR) is 105 cm³/mol. The Labute approximate surface area is 153 Å². The van der Waals surface area contributed by atoms with E-state index in [2.05, 4.69) is 30.6 Å². The van der Waals surface area contributed by atoms with Gasteiger partial charge in [0.05, 0.1) is 27.8 Å². The van der Waals surface area contributed by atoms with Crippen molar-refractivity contribution in [2.24, 2.45) is 0 Å². The highest BCUT2D eigenvalue weighted by atomic mass is 15.1. The summed E-state index contributed by atoms with van der Waals surface area (Å²) in [6.07, 6.45) is 8.98. The van der Waals surface area contributed by atoms with E-state index in [0.29, 0.717) is 5.65 Å². The Hall–Kier alpha value is -3.93. The maximum Gasteiger partial charge on any atom is 0.161 e. The number of pyridine rings is 4. The SMILES string of the molecule is c1cnc2nccc(-n3cnc4c5cccnc5c5ncccc5c43)c2c1. The van der Waals surface area contributed by atoms with Gasteiger partial charge in [-0.15, -0.1) is 0 Å². The number of hydrogen-bond acceptors (Lipinski definition) is 5. The van der Waals surface area contributed by atoms with E-state index in [-0.39, 0.29) is 0 Å². The first kappa shape index (κ1) is 14.3. The number of aromatic nitrogens is 6. The summed E-state index contributed by atoms with van der Waals surface area (Å²) in [6, 6.07) is 13.9. The van der Waals surface area contributed by atoms with Crippen LogP contribution in [0.15, 0.2) is 73.6 Å². The number of fused-ring (bicyclic) bond motifs is 7. The van der Waals surface area contributed by atoms with E-state index in [0.717, 1.165) is 43.9 Å². The number of rotatable bonds is 1. The summed E-state index contributed by atoms with van der Waals surface area (Å²) < 4.78 is 2.09. The van der Waals surface area contributed by atoms with E-state index in [1.54, 1.807) is 24.8 Å². The molecule has 1 aromatic carbocycles. The van der Waals surface area contributed by atoms with E-state index in [4.69, 9.17) is 4.98 Å². The van der Waals surface area contributed by atoms with E-state index in [9.17, 15) is 0 Å².